The minimum absolute atomic E-state index is 0.00129. The Bertz CT molecular complexity index is 1290. The van der Waals surface area contributed by atoms with E-state index < -0.39 is 12.0 Å². The number of likely N-dealkylation sites (tertiary alicyclic amines) is 1. The van der Waals surface area contributed by atoms with Gasteiger partial charge in [0.2, 0.25) is 11.8 Å². The Kier molecular flexibility index (Phi) is 5.83. The highest BCUT2D eigenvalue weighted by molar-refractivity contribution is 5.90. The summed E-state index contributed by atoms with van der Waals surface area (Å²) in [6.45, 7) is 3.22. The molecule has 4 atom stereocenters. The maximum Gasteiger partial charge on any atom is 0.258 e. The van der Waals surface area contributed by atoms with Crippen LogP contribution in [0.1, 0.15) is 54.6 Å². The van der Waals surface area contributed by atoms with Crippen LogP contribution in [0.4, 0.5) is 0 Å². The van der Waals surface area contributed by atoms with Crippen molar-refractivity contribution in [2.45, 2.75) is 57.8 Å². The fourth-order valence-corrected chi connectivity index (χ4v) is 6.77. The van der Waals surface area contributed by atoms with Crippen LogP contribution < -0.4 is 5.56 Å². The van der Waals surface area contributed by atoms with Gasteiger partial charge < -0.3 is 19.5 Å². The molecular weight excluding hydrogens is 454 g/mol. The molecule has 7 heteroatoms. The van der Waals surface area contributed by atoms with Crippen molar-refractivity contribution >= 4 is 17.9 Å². The van der Waals surface area contributed by atoms with Crippen LogP contribution in [0.25, 0.3) is 6.08 Å². The summed E-state index contributed by atoms with van der Waals surface area (Å²) in [7, 11) is 0. The first kappa shape index (κ1) is 23.2. The SMILES string of the molecule is C/C=C\c1ccc2n(c1=O)C[C@@H]1[C@@H](CO)[C@H](C(=O)N3CCc4ccccc4C3)N(C(=O)C3CCC3)[C@H]21. The van der Waals surface area contributed by atoms with E-state index in [-0.39, 0.29) is 41.9 Å². The standard InChI is InChI=1S/C29H33N3O4/c1-2-6-19-11-12-24-25-22(16-31(24)27(19)34)23(17-33)26(32(25)28(35)20-9-5-10-20)29(36)30-14-13-18-7-3-4-8-21(18)15-30/h2-4,6-8,11-12,20,22-23,25-26,33H,5,9-10,13-17H2,1H3/b6-2-/t22-,23-,25+,26-/m1/s1. The van der Waals surface area contributed by atoms with Crippen LogP contribution in [0.5, 0.6) is 0 Å². The second-order valence-corrected chi connectivity index (χ2v) is 10.7. The summed E-state index contributed by atoms with van der Waals surface area (Å²) in [4.78, 5) is 44.8. The number of aliphatic hydroxyl groups is 1. The van der Waals surface area contributed by atoms with Crippen molar-refractivity contribution in [3.8, 4) is 0 Å². The van der Waals surface area contributed by atoms with Gasteiger partial charge in [-0.05, 0) is 49.4 Å². The molecule has 188 valence electrons. The third kappa shape index (κ3) is 3.47. The number of allylic oxidation sites excluding steroid dienone is 1. The number of aromatic nitrogens is 1. The quantitative estimate of drug-likeness (QED) is 0.719. The van der Waals surface area contributed by atoms with E-state index in [1.54, 1.807) is 15.5 Å². The van der Waals surface area contributed by atoms with Gasteiger partial charge in [-0.25, -0.2) is 0 Å². The molecular formula is C29H33N3O4. The Morgan fingerprint density at radius 2 is 1.86 bits per heavy atom. The van der Waals surface area contributed by atoms with E-state index in [9.17, 15) is 19.5 Å². The molecule has 1 saturated carbocycles. The van der Waals surface area contributed by atoms with Crippen molar-refractivity contribution in [3.05, 3.63) is 75.2 Å². The molecule has 4 heterocycles. The summed E-state index contributed by atoms with van der Waals surface area (Å²) in [6.07, 6.45) is 7.11. The molecule has 0 radical (unpaired) electrons. The molecule has 2 fully saturated rings. The average Bonchev–Trinajstić information content (AvgIpc) is 3.38. The summed E-state index contributed by atoms with van der Waals surface area (Å²) in [5.41, 5.74) is 3.71. The normalized spacial score (nSPS) is 27.1. The number of rotatable bonds is 4. The highest BCUT2D eigenvalue weighted by atomic mass is 16.3. The van der Waals surface area contributed by atoms with Crippen LogP contribution in [-0.2, 0) is 29.1 Å². The smallest absolute Gasteiger partial charge is 0.258 e. The zero-order valence-electron chi connectivity index (χ0n) is 20.7. The van der Waals surface area contributed by atoms with Gasteiger partial charge in [0.1, 0.15) is 6.04 Å². The maximum absolute atomic E-state index is 14.1. The van der Waals surface area contributed by atoms with Gasteiger partial charge in [-0.15, -0.1) is 0 Å². The lowest BCUT2D eigenvalue weighted by Crippen LogP contribution is -2.54. The number of hydrogen-bond acceptors (Lipinski definition) is 4. The van der Waals surface area contributed by atoms with Gasteiger partial charge >= 0.3 is 0 Å². The number of hydrogen-bond donors (Lipinski definition) is 1. The van der Waals surface area contributed by atoms with Gasteiger partial charge in [-0.3, -0.25) is 14.4 Å². The van der Waals surface area contributed by atoms with Gasteiger partial charge in [0.15, 0.2) is 0 Å². The molecule has 1 aliphatic carbocycles. The van der Waals surface area contributed by atoms with E-state index in [1.165, 1.54) is 5.56 Å². The molecule has 3 aliphatic heterocycles. The van der Waals surface area contributed by atoms with Crippen LogP contribution in [-0.4, -0.2) is 50.5 Å². The third-order valence-corrected chi connectivity index (χ3v) is 8.86. The fraction of sp³-hybridized carbons (Fsp3) is 0.483. The number of benzene rings is 1. The predicted molar refractivity (Wildman–Crippen MR) is 136 cm³/mol. The minimum Gasteiger partial charge on any atom is -0.396 e. The molecule has 1 saturated heterocycles. The zero-order chi connectivity index (χ0) is 25.0. The van der Waals surface area contributed by atoms with E-state index in [2.05, 4.69) is 12.1 Å². The zero-order valence-corrected chi connectivity index (χ0v) is 20.7. The highest BCUT2D eigenvalue weighted by Crippen LogP contribution is 2.51. The molecule has 2 aromatic rings. The molecule has 1 aromatic heterocycles. The maximum atomic E-state index is 14.1. The molecule has 0 spiro atoms. The molecule has 6 rings (SSSR count). The fourth-order valence-electron chi connectivity index (χ4n) is 6.77. The van der Waals surface area contributed by atoms with Gasteiger partial charge in [0.05, 0.1) is 6.04 Å². The first-order valence-electron chi connectivity index (χ1n) is 13.2. The molecule has 0 bridgehead atoms. The van der Waals surface area contributed by atoms with Crippen LogP contribution >= 0.6 is 0 Å². The summed E-state index contributed by atoms with van der Waals surface area (Å²) in [5, 5.41) is 10.6. The first-order chi connectivity index (χ1) is 17.5. The number of amides is 2. The van der Waals surface area contributed by atoms with Crippen molar-refractivity contribution < 1.29 is 14.7 Å². The van der Waals surface area contributed by atoms with Gasteiger partial charge in [-0.1, -0.05) is 42.8 Å². The predicted octanol–water partition coefficient (Wildman–Crippen LogP) is 2.76. The number of carbonyl (C=O) groups is 2. The van der Waals surface area contributed by atoms with Crippen molar-refractivity contribution in [2.75, 3.05) is 13.2 Å². The van der Waals surface area contributed by atoms with Gasteiger partial charge in [0, 0.05) is 55.3 Å². The van der Waals surface area contributed by atoms with E-state index in [0.29, 0.717) is 25.2 Å². The number of carbonyl (C=O) groups excluding carboxylic acids is 2. The number of aliphatic hydroxyl groups excluding tert-OH is 1. The monoisotopic (exact) mass is 487 g/mol. The average molecular weight is 488 g/mol. The topological polar surface area (TPSA) is 82.8 Å². The Balaban J connectivity index is 1.39. The summed E-state index contributed by atoms with van der Waals surface area (Å²) in [6, 6.07) is 10.9. The molecule has 36 heavy (non-hydrogen) atoms. The number of fused-ring (bicyclic) bond motifs is 4. The van der Waals surface area contributed by atoms with Crippen LogP contribution in [0.15, 0.2) is 47.3 Å². The lowest BCUT2D eigenvalue weighted by molar-refractivity contribution is -0.151. The largest absolute Gasteiger partial charge is 0.396 e. The molecule has 1 aromatic carbocycles. The molecule has 2 amide bonds. The van der Waals surface area contributed by atoms with Gasteiger partial charge in [0.25, 0.3) is 5.56 Å². The van der Waals surface area contributed by atoms with Crippen LogP contribution in [0.3, 0.4) is 0 Å². The Morgan fingerprint density at radius 3 is 2.56 bits per heavy atom. The lowest BCUT2D eigenvalue weighted by Gasteiger charge is -2.39. The van der Waals surface area contributed by atoms with Crippen LogP contribution in [0, 0.1) is 17.8 Å². The first-order valence-corrected chi connectivity index (χ1v) is 13.2. The van der Waals surface area contributed by atoms with E-state index in [4.69, 9.17) is 0 Å². The van der Waals surface area contributed by atoms with Crippen molar-refractivity contribution in [1.29, 1.82) is 0 Å². The number of nitrogens with zero attached hydrogens (tertiary/aromatic N) is 3. The Labute approximate surface area is 211 Å². The third-order valence-electron chi connectivity index (χ3n) is 8.86. The van der Waals surface area contributed by atoms with Crippen molar-refractivity contribution in [1.82, 2.24) is 14.4 Å². The van der Waals surface area contributed by atoms with Crippen LogP contribution in [0.2, 0.25) is 0 Å². The lowest BCUT2D eigenvalue weighted by atomic mass is 9.83. The molecule has 4 aliphatic rings. The van der Waals surface area contributed by atoms with Gasteiger partial charge in [-0.2, -0.15) is 0 Å². The van der Waals surface area contributed by atoms with Crippen molar-refractivity contribution in [2.24, 2.45) is 17.8 Å². The summed E-state index contributed by atoms with van der Waals surface area (Å²) in [5.74, 6) is -0.734. The molecule has 7 nitrogen and oxygen atoms in total. The highest BCUT2D eigenvalue weighted by Gasteiger charge is 2.58. The minimum atomic E-state index is -0.706. The Morgan fingerprint density at radius 1 is 1.08 bits per heavy atom. The second kappa shape index (κ2) is 9.04. The van der Waals surface area contributed by atoms with Crippen molar-refractivity contribution in [3.63, 3.8) is 0 Å². The Hall–Kier alpha value is -3.19. The van der Waals surface area contributed by atoms with E-state index in [0.717, 1.165) is 36.9 Å². The molecule has 1 N–H and O–H groups in total. The van der Waals surface area contributed by atoms with E-state index >= 15 is 0 Å². The number of pyridine rings is 1. The second-order valence-electron chi connectivity index (χ2n) is 10.7. The summed E-state index contributed by atoms with van der Waals surface area (Å²) >= 11 is 0. The van der Waals surface area contributed by atoms with E-state index in [1.807, 2.05) is 42.2 Å². The summed E-state index contributed by atoms with van der Waals surface area (Å²) < 4.78 is 1.76. The molecule has 0 unspecified atom stereocenters.